The van der Waals surface area contributed by atoms with Crippen LogP contribution in [0.2, 0.25) is 5.02 Å². The maximum absolute atomic E-state index is 13.9. The number of H-pyrrole nitrogens is 1. The van der Waals surface area contributed by atoms with Crippen molar-refractivity contribution in [3.8, 4) is 5.69 Å². The molecule has 1 saturated heterocycles. The van der Waals surface area contributed by atoms with Gasteiger partial charge in [0.25, 0.3) is 5.56 Å². The second-order valence-electron chi connectivity index (χ2n) is 9.40. The van der Waals surface area contributed by atoms with E-state index in [0.717, 1.165) is 6.42 Å². The number of nitrogens with zero attached hydrogens (tertiary/aromatic N) is 6. The molecule has 1 aromatic carbocycles. The number of anilines is 1. The first kappa shape index (κ1) is 24.1. The van der Waals surface area contributed by atoms with Crippen LogP contribution in [0.1, 0.15) is 48.9 Å². The van der Waals surface area contributed by atoms with E-state index in [9.17, 15) is 14.4 Å². The van der Waals surface area contributed by atoms with Crippen LogP contribution in [0.3, 0.4) is 0 Å². The molecule has 4 aromatic heterocycles. The van der Waals surface area contributed by atoms with Crippen LogP contribution in [0, 0.1) is 5.92 Å². The second kappa shape index (κ2) is 9.21. The Labute approximate surface area is 221 Å². The van der Waals surface area contributed by atoms with E-state index in [1.54, 1.807) is 18.5 Å². The number of aromatic amines is 1. The molecule has 5 heterocycles. The van der Waals surface area contributed by atoms with Gasteiger partial charge in [-0.15, -0.1) is 0 Å². The molecule has 5 aromatic rings. The minimum Gasteiger partial charge on any atom is -0.345 e. The topological polar surface area (TPSA) is 118 Å². The summed E-state index contributed by atoms with van der Waals surface area (Å²) in [5, 5.41) is 5.69. The molecule has 1 fully saturated rings. The van der Waals surface area contributed by atoms with Crippen LogP contribution in [-0.2, 0) is 4.79 Å². The van der Waals surface area contributed by atoms with Crippen molar-refractivity contribution >= 4 is 45.5 Å². The highest BCUT2D eigenvalue weighted by atomic mass is 35.5. The van der Waals surface area contributed by atoms with Crippen molar-refractivity contribution in [3.63, 3.8) is 0 Å². The number of aromatic nitrogens is 6. The van der Waals surface area contributed by atoms with Gasteiger partial charge in [-0.25, -0.2) is 14.5 Å². The second-order valence-corrected chi connectivity index (χ2v) is 9.81. The molecule has 1 N–H and O–H groups in total. The van der Waals surface area contributed by atoms with Gasteiger partial charge in [0.2, 0.25) is 0 Å². The van der Waals surface area contributed by atoms with Crippen molar-refractivity contribution in [1.82, 2.24) is 29.1 Å². The van der Waals surface area contributed by atoms with Crippen LogP contribution in [0.5, 0.6) is 0 Å². The lowest BCUT2D eigenvalue weighted by Gasteiger charge is -2.29. The summed E-state index contributed by atoms with van der Waals surface area (Å²) in [6.45, 7) is 3.55. The smallest absolute Gasteiger partial charge is 0.284 e. The monoisotopic (exact) mass is 529 g/mol. The van der Waals surface area contributed by atoms with Crippen LogP contribution in [0.25, 0.3) is 22.2 Å². The van der Waals surface area contributed by atoms with Gasteiger partial charge in [-0.05, 0) is 31.5 Å². The molecule has 0 aliphatic carbocycles. The van der Waals surface area contributed by atoms with Crippen molar-refractivity contribution in [1.29, 1.82) is 0 Å². The molecule has 0 amide bonds. The third kappa shape index (κ3) is 3.63. The van der Waals surface area contributed by atoms with Crippen LogP contribution in [-0.4, -0.2) is 47.2 Å². The third-order valence-electron chi connectivity index (χ3n) is 7.10. The third-order valence-corrected chi connectivity index (χ3v) is 7.40. The Kier molecular flexibility index (Phi) is 5.83. The molecule has 0 spiro atoms. The van der Waals surface area contributed by atoms with E-state index in [0.29, 0.717) is 45.4 Å². The zero-order valence-electron chi connectivity index (χ0n) is 20.8. The van der Waals surface area contributed by atoms with Gasteiger partial charge in [0.15, 0.2) is 17.4 Å². The SMILES string of the molecule is CCCC1C(=O)CN(c2ncnc3[nH]cc(C(C)=O)c23)[C@@H]1c1nn2ccc(Cl)c2c(=O)n1-c1ccccc1. The van der Waals surface area contributed by atoms with E-state index in [1.807, 2.05) is 42.2 Å². The number of ketones is 2. The lowest BCUT2D eigenvalue weighted by atomic mass is 9.93. The number of nitrogens with one attached hydrogen (secondary N) is 1. The van der Waals surface area contributed by atoms with Gasteiger partial charge in [0.1, 0.15) is 29.4 Å². The fourth-order valence-electron chi connectivity index (χ4n) is 5.44. The van der Waals surface area contributed by atoms with E-state index in [2.05, 4.69) is 15.0 Å². The molecule has 38 heavy (non-hydrogen) atoms. The largest absolute Gasteiger partial charge is 0.345 e. The Balaban J connectivity index is 1.67. The summed E-state index contributed by atoms with van der Waals surface area (Å²) in [6, 6.07) is 10.2. The molecule has 0 bridgehead atoms. The molecule has 1 aliphatic heterocycles. The molecule has 0 radical (unpaired) electrons. The van der Waals surface area contributed by atoms with Gasteiger partial charge < -0.3 is 9.88 Å². The van der Waals surface area contributed by atoms with E-state index in [1.165, 1.54) is 22.3 Å². The number of hydrogen-bond donors (Lipinski definition) is 1. The first-order valence-corrected chi connectivity index (χ1v) is 12.8. The number of benzene rings is 1. The molecule has 1 unspecified atom stereocenters. The first-order chi connectivity index (χ1) is 18.4. The number of hydrogen-bond acceptors (Lipinski definition) is 7. The van der Waals surface area contributed by atoms with Gasteiger partial charge in [-0.1, -0.05) is 43.1 Å². The predicted octanol–water partition coefficient (Wildman–Crippen LogP) is 4.16. The summed E-state index contributed by atoms with van der Waals surface area (Å²) in [5.41, 5.74) is 1.43. The van der Waals surface area contributed by atoms with Crippen LogP contribution >= 0.6 is 11.6 Å². The van der Waals surface area contributed by atoms with Gasteiger partial charge in [0.05, 0.1) is 22.6 Å². The minimum atomic E-state index is -0.631. The molecular formula is C27H24ClN7O3. The number of carbonyl (C=O) groups is 2. The Bertz CT molecular complexity index is 1770. The molecule has 0 saturated carbocycles. The van der Waals surface area contributed by atoms with Crippen LogP contribution in [0.4, 0.5) is 5.82 Å². The van der Waals surface area contributed by atoms with E-state index in [4.69, 9.17) is 16.7 Å². The molecule has 2 atom stereocenters. The Morgan fingerprint density at radius 1 is 1.16 bits per heavy atom. The van der Waals surface area contributed by atoms with Crippen LogP contribution < -0.4 is 10.5 Å². The lowest BCUT2D eigenvalue weighted by molar-refractivity contribution is -0.120. The zero-order valence-corrected chi connectivity index (χ0v) is 21.5. The number of carbonyl (C=O) groups excluding carboxylic acids is 2. The van der Waals surface area contributed by atoms with E-state index >= 15 is 0 Å². The summed E-state index contributed by atoms with van der Waals surface area (Å²) in [4.78, 5) is 53.6. The number of fused-ring (bicyclic) bond motifs is 2. The van der Waals surface area contributed by atoms with Crippen LogP contribution in [0.15, 0.2) is 59.9 Å². The Hall–Kier alpha value is -4.31. The van der Waals surface area contributed by atoms with Gasteiger partial charge in [-0.2, -0.15) is 5.10 Å². The highest BCUT2D eigenvalue weighted by Gasteiger charge is 2.45. The van der Waals surface area contributed by atoms with Crippen molar-refractivity contribution in [2.24, 2.45) is 5.92 Å². The van der Waals surface area contributed by atoms with E-state index < -0.39 is 12.0 Å². The van der Waals surface area contributed by atoms with Crippen molar-refractivity contribution < 1.29 is 9.59 Å². The summed E-state index contributed by atoms with van der Waals surface area (Å²) in [5.74, 6) is 0.246. The summed E-state index contributed by atoms with van der Waals surface area (Å²) in [6.07, 6.45) is 6.00. The van der Waals surface area contributed by atoms with Gasteiger partial charge >= 0.3 is 0 Å². The van der Waals surface area contributed by atoms with Crippen molar-refractivity contribution in [2.45, 2.75) is 32.7 Å². The number of para-hydroxylation sites is 1. The average molecular weight is 530 g/mol. The number of halogens is 1. The minimum absolute atomic E-state index is 0.0167. The first-order valence-electron chi connectivity index (χ1n) is 12.4. The standard InChI is InChI=1S/C27H24ClN7O3/c1-3-7-17-20(37)13-33(25-21-18(15(2)36)12-29-24(21)30-14-31-25)22(17)26-32-34-11-10-19(28)23(34)27(38)35(26)16-8-5-4-6-9-16/h4-6,8-12,14,17,22H,3,7,13H2,1-2H3,(H,29,30,31)/t17?,22-/m0/s1. The maximum atomic E-state index is 13.9. The number of Topliss-reactive ketones (excluding diaryl/α,β-unsaturated/α-hetero) is 2. The molecular weight excluding hydrogens is 506 g/mol. The molecule has 11 heteroatoms. The summed E-state index contributed by atoms with van der Waals surface area (Å²) < 4.78 is 3.00. The maximum Gasteiger partial charge on any atom is 0.284 e. The highest BCUT2D eigenvalue weighted by molar-refractivity contribution is 6.33. The van der Waals surface area contributed by atoms with Gasteiger partial charge in [0, 0.05) is 23.9 Å². The van der Waals surface area contributed by atoms with Crippen molar-refractivity contribution in [2.75, 3.05) is 11.4 Å². The lowest BCUT2D eigenvalue weighted by Crippen LogP contribution is -2.35. The summed E-state index contributed by atoms with van der Waals surface area (Å²) >= 11 is 6.38. The van der Waals surface area contributed by atoms with E-state index in [-0.39, 0.29) is 29.2 Å². The van der Waals surface area contributed by atoms with Gasteiger partial charge in [-0.3, -0.25) is 19.0 Å². The molecule has 10 nitrogen and oxygen atoms in total. The predicted molar refractivity (Wildman–Crippen MR) is 143 cm³/mol. The Morgan fingerprint density at radius 3 is 2.68 bits per heavy atom. The fourth-order valence-corrected chi connectivity index (χ4v) is 5.66. The quantitative estimate of drug-likeness (QED) is 0.328. The highest BCUT2D eigenvalue weighted by Crippen LogP contribution is 2.42. The number of rotatable bonds is 6. The summed E-state index contributed by atoms with van der Waals surface area (Å²) in [7, 11) is 0. The van der Waals surface area contributed by atoms with Crippen molar-refractivity contribution in [3.05, 3.63) is 81.9 Å². The molecule has 6 rings (SSSR count). The average Bonchev–Trinajstić information content (AvgIpc) is 3.60. The Morgan fingerprint density at radius 2 is 1.95 bits per heavy atom. The zero-order chi connectivity index (χ0) is 26.6. The molecule has 192 valence electrons. The molecule has 1 aliphatic rings. The normalized spacial score (nSPS) is 17.7. The fraction of sp³-hybridized carbons (Fsp3) is 0.259.